The summed E-state index contributed by atoms with van der Waals surface area (Å²) in [7, 11) is -6.45. The quantitative estimate of drug-likeness (QED) is 0.0765. The van der Waals surface area contributed by atoms with Crippen LogP contribution in [0.1, 0.15) is 58.8 Å². The first-order valence-electron chi connectivity index (χ1n) is 28.0. The zero-order valence-electron chi connectivity index (χ0n) is 47.2. The Morgan fingerprint density at radius 2 is 0.988 bits per heavy atom. The summed E-state index contributed by atoms with van der Waals surface area (Å²) in [5.74, 6) is -5.54. The van der Waals surface area contributed by atoms with Crippen LogP contribution in [0.4, 0.5) is 47.3 Å². The number of hydrogen-bond acceptors (Lipinski definition) is 15. The maximum atomic E-state index is 15.3. The molecule has 0 saturated carbocycles. The second-order valence-electron chi connectivity index (χ2n) is 21.1. The van der Waals surface area contributed by atoms with Crippen molar-refractivity contribution in [3.63, 3.8) is 0 Å². The topological polar surface area (TPSA) is 213 Å². The van der Waals surface area contributed by atoms with Gasteiger partial charge in [0.2, 0.25) is 5.89 Å². The molecule has 0 unspecified atom stereocenters. The first-order chi connectivity index (χ1) is 40.6. The molecule has 1 N–H and O–H groups in total. The molecule has 5 aromatic rings. The predicted molar refractivity (Wildman–Crippen MR) is 306 cm³/mol. The minimum atomic E-state index is -3.28. The van der Waals surface area contributed by atoms with Crippen molar-refractivity contribution >= 4 is 54.8 Å². The highest BCUT2D eigenvalue weighted by molar-refractivity contribution is 7.91. The van der Waals surface area contributed by atoms with Crippen molar-refractivity contribution in [2.75, 3.05) is 131 Å². The van der Waals surface area contributed by atoms with Gasteiger partial charge in [0.1, 0.15) is 11.6 Å². The number of alkyl halides is 4. The van der Waals surface area contributed by atoms with Crippen LogP contribution in [-0.2, 0) is 50.6 Å². The number of likely N-dealkylation sites (N-methyl/N-ethyl adjacent to an activating group) is 2. The van der Waals surface area contributed by atoms with Crippen LogP contribution in [0.5, 0.6) is 0 Å². The molecule has 0 bridgehead atoms. The Hall–Kier alpha value is -6.98. The van der Waals surface area contributed by atoms with Gasteiger partial charge in [-0.05, 0) is 66.7 Å². The number of Topliss-reactive ketones (excluding diaryl/α,β-unsaturated/α-hetero) is 1. The number of hydrogen-bond donors (Lipinski definition) is 1. The monoisotopic (exact) mass is 1230 g/mol. The third-order valence-corrected chi connectivity index (χ3v) is 18.6. The van der Waals surface area contributed by atoms with E-state index in [4.69, 9.17) is 4.42 Å². The van der Waals surface area contributed by atoms with Gasteiger partial charge >= 0.3 is 24.9 Å². The predicted octanol–water partition coefficient (Wildman–Crippen LogP) is 6.19. The van der Waals surface area contributed by atoms with Gasteiger partial charge in [0.05, 0.1) is 42.6 Å². The Bertz CT molecular complexity index is 3320. The average molecular weight is 1230 g/mol. The van der Waals surface area contributed by atoms with Crippen molar-refractivity contribution in [1.82, 2.24) is 44.9 Å². The van der Waals surface area contributed by atoms with Gasteiger partial charge in [0.15, 0.2) is 25.5 Å². The van der Waals surface area contributed by atoms with Gasteiger partial charge in [-0.2, -0.15) is 17.6 Å². The number of halogens is 6. The Balaban J connectivity index is 0.000000221. The van der Waals surface area contributed by atoms with Gasteiger partial charge < -0.3 is 29.3 Å². The lowest BCUT2D eigenvalue weighted by molar-refractivity contribution is -0.131. The zero-order chi connectivity index (χ0) is 61.0. The van der Waals surface area contributed by atoms with Gasteiger partial charge in [-0.3, -0.25) is 29.2 Å². The molecule has 0 aliphatic carbocycles. The summed E-state index contributed by atoms with van der Waals surface area (Å²) < 4.78 is 134. The summed E-state index contributed by atoms with van der Waals surface area (Å²) in [6.07, 6.45) is -6.22. The maximum Gasteiger partial charge on any atom is 0.324 e. The second-order valence-corrected chi connectivity index (χ2v) is 25.7. The molecule has 4 saturated heterocycles. The van der Waals surface area contributed by atoms with E-state index in [1.54, 1.807) is 17.4 Å². The highest BCUT2D eigenvalue weighted by Gasteiger charge is 2.32. The van der Waals surface area contributed by atoms with Crippen LogP contribution < -0.4 is 15.1 Å². The number of amides is 5. The molecule has 85 heavy (non-hydrogen) atoms. The van der Waals surface area contributed by atoms with Crippen molar-refractivity contribution in [2.24, 2.45) is 0 Å². The highest BCUT2D eigenvalue weighted by Crippen LogP contribution is 2.29. The first kappa shape index (κ1) is 64.0. The van der Waals surface area contributed by atoms with Crippen molar-refractivity contribution in [1.29, 1.82) is 0 Å². The number of ketones is 1. The lowest BCUT2D eigenvalue weighted by atomic mass is 10.1. The maximum absolute atomic E-state index is 15.3. The van der Waals surface area contributed by atoms with Crippen LogP contribution in [0.15, 0.2) is 89.3 Å². The summed E-state index contributed by atoms with van der Waals surface area (Å²) in [5.41, 5.74) is 3.42. The number of rotatable bonds is 18. The standard InChI is InChI=1S/C29H36F3N5O5S.C28H33F3N6O4S/c1-2-34-9-11-35(12-10-34)19-21-3-7-24(8-4-21)37(29(40)36-13-15-43(41,42)16-14-36)20-23-6-5-22(17-25(23)30)26(38)18-33-28(39)27(31)32;1-2-34-9-11-35(12-10-34)18-20-3-7-23(8-4-20)37(28(38)36-13-15-42(39,40)16-14-36)19-22-6-5-21(17-24(22)29)26-32-33-27(41-26)25(30)31/h3-8,17,27H,2,9-16,18-20H2,1H3,(H,33,39);3-8,17,25H,2,9-16,18-19H2,1H3. The average Bonchev–Trinajstić information content (AvgIpc) is 4.16. The molecule has 9 rings (SSSR count). The van der Waals surface area contributed by atoms with Gasteiger partial charge in [-0.25, -0.2) is 35.2 Å². The highest BCUT2D eigenvalue weighted by atomic mass is 32.2. The van der Waals surface area contributed by atoms with E-state index < -0.39 is 80.3 Å². The molecule has 4 aromatic carbocycles. The van der Waals surface area contributed by atoms with Crippen molar-refractivity contribution in [2.45, 2.75) is 52.9 Å². The van der Waals surface area contributed by atoms with E-state index in [1.807, 2.05) is 36.4 Å². The molecule has 4 fully saturated rings. The van der Waals surface area contributed by atoms with E-state index in [2.05, 4.69) is 43.6 Å². The largest absolute Gasteiger partial charge is 0.415 e. The number of carbonyl (C=O) groups excluding carboxylic acids is 4. The number of nitrogens with one attached hydrogen (secondary N) is 1. The normalized spacial score (nSPS) is 17.8. The second kappa shape index (κ2) is 28.9. The lowest BCUT2D eigenvalue weighted by Crippen LogP contribution is -2.49. The summed E-state index contributed by atoms with van der Waals surface area (Å²) >= 11 is 0. The van der Waals surface area contributed by atoms with Crippen LogP contribution in [0.25, 0.3) is 11.5 Å². The molecule has 4 aliphatic heterocycles. The number of benzene rings is 4. The van der Waals surface area contributed by atoms with Crippen LogP contribution in [0, 0.1) is 11.6 Å². The molecule has 0 spiro atoms. The Kier molecular flexibility index (Phi) is 21.8. The fraction of sp³-hybridized carbons (Fsp3) is 0.474. The van der Waals surface area contributed by atoms with E-state index in [0.717, 1.165) is 102 Å². The lowest BCUT2D eigenvalue weighted by Gasteiger charge is -2.34. The molecule has 4 aliphatic rings. The summed E-state index contributed by atoms with van der Waals surface area (Å²) in [4.78, 5) is 65.8. The van der Waals surface area contributed by atoms with E-state index in [-0.39, 0.29) is 90.4 Å². The summed E-state index contributed by atoms with van der Waals surface area (Å²) in [6, 6.07) is 21.5. The molecule has 460 valence electrons. The van der Waals surface area contributed by atoms with E-state index in [9.17, 15) is 53.6 Å². The molecular formula is C57H69F6N11O9S2. The minimum absolute atomic E-state index is 0.0136. The van der Waals surface area contributed by atoms with E-state index in [1.165, 1.54) is 43.9 Å². The van der Waals surface area contributed by atoms with Crippen LogP contribution in [0.2, 0.25) is 0 Å². The smallest absolute Gasteiger partial charge is 0.324 e. The number of sulfone groups is 2. The number of piperazine rings is 2. The third-order valence-electron chi connectivity index (χ3n) is 15.4. The van der Waals surface area contributed by atoms with Gasteiger partial charge in [0.25, 0.3) is 11.8 Å². The number of carbonyl (C=O) groups is 4. The first-order valence-corrected chi connectivity index (χ1v) is 31.6. The van der Waals surface area contributed by atoms with Crippen molar-refractivity contribution < 1.29 is 66.8 Å². The van der Waals surface area contributed by atoms with E-state index in [0.29, 0.717) is 11.4 Å². The molecule has 5 heterocycles. The van der Waals surface area contributed by atoms with Crippen LogP contribution >= 0.6 is 0 Å². The zero-order valence-corrected chi connectivity index (χ0v) is 48.9. The van der Waals surface area contributed by atoms with Crippen LogP contribution in [-0.4, -0.2) is 208 Å². The SMILES string of the molecule is CCN1CCN(Cc2ccc(N(Cc3ccc(-c4nnc(C(F)F)o4)cc3F)C(=O)N3CCS(=O)(=O)CC3)cc2)CC1.CCN1CCN(Cc2ccc(N(Cc3ccc(C(=O)CNC(=O)C(F)F)cc3F)C(=O)N3CCS(=O)(=O)CC3)cc2)CC1. The number of aromatic nitrogens is 2. The summed E-state index contributed by atoms with van der Waals surface area (Å²) in [6.45, 7) is 14.8. The molecule has 5 amide bonds. The van der Waals surface area contributed by atoms with Crippen molar-refractivity contribution in [3.8, 4) is 11.5 Å². The number of nitrogens with zero attached hydrogens (tertiary/aromatic N) is 10. The van der Waals surface area contributed by atoms with E-state index >= 15 is 8.78 Å². The van der Waals surface area contributed by atoms with Gasteiger partial charge in [-0.1, -0.05) is 56.3 Å². The molecule has 1 aromatic heterocycles. The fourth-order valence-electron chi connectivity index (χ4n) is 10.1. The molecule has 20 nitrogen and oxygen atoms in total. The fourth-order valence-corrected chi connectivity index (χ4v) is 12.5. The van der Waals surface area contributed by atoms with Crippen LogP contribution in [0.3, 0.4) is 0 Å². The van der Waals surface area contributed by atoms with Gasteiger partial charge in [0, 0.05) is 125 Å². The Morgan fingerprint density at radius 1 is 0.565 bits per heavy atom. The molecule has 0 radical (unpaired) electrons. The Labute approximate surface area is 490 Å². The Morgan fingerprint density at radius 3 is 1.38 bits per heavy atom. The molecule has 28 heteroatoms. The molecular weight excluding hydrogens is 1160 g/mol. The van der Waals surface area contributed by atoms with Gasteiger partial charge in [-0.15, -0.1) is 10.2 Å². The third kappa shape index (κ3) is 17.6. The summed E-state index contributed by atoms with van der Waals surface area (Å²) in [5, 5.41) is 8.62. The van der Waals surface area contributed by atoms with Crippen molar-refractivity contribution in [3.05, 3.63) is 130 Å². The number of anilines is 2. The molecule has 0 atom stereocenters. The minimum Gasteiger partial charge on any atom is -0.415 e. The number of urea groups is 2.